The molecule has 0 saturated heterocycles. The number of benzene rings is 1. The van der Waals surface area contributed by atoms with Crippen LogP contribution in [0.15, 0.2) is 32.5 Å². The molecule has 0 spiro atoms. The first kappa shape index (κ1) is 13.0. The molecule has 0 amide bonds. The Balaban J connectivity index is 2.06. The molecule has 1 nitrogen and oxygen atoms in total. The van der Waals surface area contributed by atoms with Gasteiger partial charge in [0.1, 0.15) is 5.75 Å². The van der Waals surface area contributed by atoms with Gasteiger partial charge < -0.3 is 4.74 Å². The van der Waals surface area contributed by atoms with Crippen molar-refractivity contribution in [3.8, 4) is 5.75 Å². The summed E-state index contributed by atoms with van der Waals surface area (Å²) < 4.78 is 7.87. The molecule has 0 aliphatic carbocycles. The minimum atomic E-state index is -0.161. The second-order valence-electron chi connectivity index (χ2n) is 4.09. The topological polar surface area (TPSA) is 9.23 Å². The third-order valence-electron chi connectivity index (χ3n) is 2.89. The van der Waals surface area contributed by atoms with Crippen LogP contribution in [-0.4, -0.2) is 6.61 Å². The van der Waals surface area contributed by atoms with Crippen molar-refractivity contribution in [2.45, 2.75) is 11.8 Å². The molecule has 1 aromatic carbocycles. The summed E-state index contributed by atoms with van der Waals surface area (Å²) in [5.74, 6) is 0.961. The second kappa shape index (κ2) is 5.16. The van der Waals surface area contributed by atoms with Crippen LogP contribution in [0.5, 0.6) is 5.75 Å². The monoisotopic (exact) mass is 406 g/mol. The SMILES string of the molecule is ClC(c1ccc(Br)s1)c1cc(Br)cc2c1OCC2. The van der Waals surface area contributed by atoms with Crippen molar-refractivity contribution in [1.82, 2.24) is 0 Å². The lowest BCUT2D eigenvalue weighted by molar-refractivity contribution is 0.353. The summed E-state index contributed by atoms with van der Waals surface area (Å²) in [6.45, 7) is 0.747. The summed E-state index contributed by atoms with van der Waals surface area (Å²) in [6.07, 6.45) is 0.958. The third kappa shape index (κ3) is 2.36. The van der Waals surface area contributed by atoms with E-state index in [-0.39, 0.29) is 5.38 Å². The molecule has 94 valence electrons. The van der Waals surface area contributed by atoms with E-state index in [9.17, 15) is 0 Å². The molecule has 1 aliphatic rings. The largest absolute Gasteiger partial charge is 0.493 e. The van der Waals surface area contributed by atoms with Crippen molar-refractivity contribution < 1.29 is 4.74 Å². The average Bonchev–Trinajstić information content (AvgIpc) is 2.95. The molecule has 0 bridgehead atoms. The Morgan fingerprint density at radius 3 is 2.83 bits per heavy atom. The maximum absolute atomic E-state index is 6.59. The first-order valence-electron chi connectivity index (χ1n) is 5.49. The molecule has 0 N–H and O–H groups in total. The molecule has 0 radical (unpaired) electrons. The van der Waals surface area contributed by atoms with Crippen molar-refractivity contribution in [2.24, 2.45) is 0 Å². The summed E-state index contributed by atoms with van der Waals surface area (Å²) in [4.78, 5) is 1.12. The number of hydrogen-bond acceptors (Lipinski definition) is 2. The van der Waals surface area contributed by atoms with Gasteiger partial charge in [0.15, 0.2) is 0 Å². The second-order valence-corrected chi connectivity index (χ2v) is 7.93. The molecule has 5 heteroatoms. The van der Waals surface area contributed by atoms with Crippen LogP contribution >= 0.6 is 54.8 Å². The molecule has 1 aliphatic heterocycles. The van der Waals surface area contributed by atoms with E-state index in [0.29, 0.717) is 0 Å². The van der Waals surface area contributed by atoms with Crippen LogP contribution in [0.4, 0.5) is 0 Å². The van der Waals surface area contributed by atoms with Crippen molar-refractivity contribution >= 4 is 54.8 Å². The van der Waals surface area contributed by atoms with Gasteiger partial charge in [0.05, 0.1) is 15.8 Å². The maximum Gasteiger partial charge on any atom is 0.127 e. The maximum atomic E-state index is 6.59. The summed E-state index contributed by atoms with van der Waals surface area (Å²) in [7, 11) is 0. The Labute approximate surface area is 131 Å². The number of hydrogen-bond donors (Lipinski definition) is 0. The number of alkyl halides is 1. The van der Waals surface area contributed by atoms with Gasteiger partial charge in [-0.25, -0.2) is 0 Å². The Hall–Kier alpha value is -0.0300. The smallest absolute Gasteiger partial charge is 0.127 e. The average molecular weight is 409 g/mol. The Bertz CT molecular complexity index is 597. The highest BCUT2D eigenvalue weighted by atomic mass is 79.9. The fourth-order valence-electron chi connectivity index (χ4n) is 2.10. The van der Waals surface area contributed by atoms with Gasteiger partial charge in [-0.05, 0) is 45.8 Å². The lowest BCUT2D eigenvalue weighted by atomic mass is 10.0. The first-order valence-corrected chi connectivity index (χ1v) is 8.33. The lowest BCUT2D eigenvalue weighted by Gasteiger charge is -2.13. The van der Waals surface area contributed by atoms with E-state index in [1.54, 1.807) is 11.3 Å². The van der Waals surface area contributed by atoms with E-state index in [1.165, 1.54) is 5.56 Å². The van der Waals surface area contributed by atoms with Crippen LogP contribution in [0.2, 0.25) is 0 Å². The third-order valence-corrected chi connectivity index (χ3v) is 5.64. The van der Waals surface area contributed by atoms with E-state index < -0.39 is 0 Å². The molecule has 1 aromatic heterocycles. The summed E-state index contributed by atoms with van der Waals surface area (Å²) in [5, 5.41) is -0.161. The zero-order valence-corrected chi connectivity index (χ0v) is 14.0. The number of fused-ring (bicyclic) bond motifs is 1. The van der Waals surface area contributed by atoms with Crippen LogP contribution in [0.1, 0.15) is 21.4 Å². The van der Waals surface area contributed by atoms with Crippen molar-refractivity contribution in [1.29, 1.82) is 0 Å². The van der Waals surface area contributed by atoms with E-state index in [1.807, 2.05) is 6.07 Å². The predicted octanol–water partition coefficient (Wildman–Crippen LogP) is 5.54. The van der Waals surface area contributed by atoms with Crippen LogP contribution in [0.25, 0.3) is 0 Å². The van der Waals surface area contributed by atoms with E-state index in [0.717, 1.165) is 37.5 Å². The number of rotatable bonds is 2. The zero-order chi connectivity index (χ0) is 12.7. The van der Waals surface area contributed by atoms with E-state index >= 15 is 0 Å². The van der Waals surface area contributed by atoms with Crippen LogP contribution in [0.3, 0.4) is 0 Å². The standard InChI is InChI=1S/C13H9Br2ClOS/c14-8-5-7-3-4-17-13(7)9(6-8)12(16)10-1-2-11(15)18-10/h1-2,5-6,12H,3-4H2. The Morgan fingerprint density at radius 1 is 1.28 bits per heavy atom. The molecule has 18 heavy (non-hydrogen) atoms. The van der Waals surface area contributed by atoms with Gasteiger partial charge in [-0.15, -0.1) is 22.9 Å². The van der Waals surface area contributed by atoms with Gasteiger partial charge in [0.25, 0.3) is 0 Å². The summed E-state index contributed by atoms with van der Waals surface area (Å²) in [5.41, 5.74) is 2.29. The molecular weight excluding hydrogens is 399 g/mol. The van der Waals surface area contributed by atoms with Crippen molar-refractivity contribution in [3.05, 3.63) is 48.5 Å². The van der Waals surface area contributed by atoms with Gasteiger partial charge in [0, 0.05) is 21.3 Å². The van der Waals surface area contributed by atoms with Gasteiger partial charge in [-0.3, -0.25) is 0 Å². The highest BCUT2D eigenvalue weighted by molar-refractivity contribution is 9.11. The number of thiophene rings is 1. The highest BCUT2D eigenvalue weighted by Crippen LogP contribution is 2.43. The normalized spacial score (nSPS) is 15.3. The molecule has 1 unspecified atom stereocenters. The van der Waals surface area contributed by atoms with E-state index in [2.05, 4.69) is 50.1 Å². The molecule has 1 atom stereocenters. The molecule has 2 heterocycles. The Morgan fingerprint density at radius 2 is 2.11 bits per heavy atom. The quantitative estimate of drug-likeness (QED) is 0.593. The first-order chi connectivity index (χ1) is 8.65. The Kier molecular flexibility index (Phi) is 3.72. The van der Waals surface area contributed by atoms with Gasteiger partial charge in [-0.2, -0.15) is 0 Å². The molecule has 3 rings (SSSR count). The fraction of sp³-hybridized carbons (Fsp3) is 0.231. The van der Waals surface area contributed by atoms with Crippen LogP contribution in [0, 0.1) is 0 Å². The van der Waals surface area contributed by atoms with E-state index in [4.69, 9.17) is 16.3 Å². The molecule has 0 saturated carbocycles. The van der Waals surface area contributed by atoms with Gasteiger partial charge >= 0.3 is 0 Å². The summed E-state index contributed by atoms with van der Waals surface area (Å²) in [6, 6.07) is 8.23. The predicted molar refractivity (Wildman–Crippen MR) is 83.1 cm³/mol. The molecule has 0 fully saturated rings. The minimum absolute atomic E-state index is 0.161. The molecular formula is C13H9Br2ClOS. The van der Waals surface area contributed by atoms with Crippen LogP contribution in [-0.2, 0) is 6.42 Å². The van der Waals surface area contributed by atoms with Gasteiger partial charge in [-0.1, -0.05) is 15.9 Å². The molecule has 2 aromatic rings. The van der Waals surface area contributed by atoms with Crippen LogP contribution < -0.4 is 4.74 Å². The highest BCUT2D eigenvalue weighted by Gasteiger charge is 2.24. The van der Waals surface area contributed by atoms with Crippen molar-refractivity contribution in [3.63, 3.8) is 0 Å². The lowest BCUT2D eigenvalue weighted by Crippen LogP contribution is -1.95. The number of ether oxygens (including phenoxy) is 1. The summed E-state index contributed by atoms with van der Waals surface area (Å²) >= 11 is 15.3. The minimum Gasteiger partial charge on any atom is -0.493 e. The fourth-order valence-corrected chi connectivity index (χ4v) is 4.42. The number of halogens is 3. The zero-order valence-electron chi connectivity index (χ0n) is 9.25. The van der Waals surface area contributed by atoms with Crippen molar-refractivity contribution in [2.75, 3.05) is 6.61 Å². The van der Waals surface area contributed by atoms with Gasteiger partial charge in [0.2, 0.25) is 0 Å².